The van der Waals surface area contributed by atoms with E-state index in [1.165, 1.54) is 51.4 Å². The number of aliphatic hydroxyl groups is 1. The van der Waals surface area contributed by atoms with Crippen LogP contribution in [0.5, 0.6) is 0 Å². The third kappa shape index (κ3) is 22.7. The smallest absolute Gasteiger partial charge is 0.268 e. The van der Waals surface area contributed by atoms with E-state index in [4.69, 9.17) is 9.05 Å². The van der Waals surface area contributed by atoms with E-state index in [1.54, 1.807) is 0 Å². The van der Waals surface area contributed by atoms with Gasteiger partial charge in [-0.2, -0.15) is 0 Å². The lowest BCUT2D eigenvalue weighted by Crippen LogP contribution is -2.46. The molecule has 36 heavy (non-hydrogen) atoms. The third-order valence-corrected chi connectivity index (χ3v) is 7.31. The number of nitrogens with zero attached hydrogens (tertiary/aromatic N) is 1. The third-order valence-electron chi connectivity index (χ3n) is 6.35. The molecule has 216 valence electrons. The largest absolute Gasteiger partial charge is 0.756 e. The molecule has 8 nitrogen and oxygen atoms in total. The molecule has 0 saturated heterocycles. The Kier molecular flexibility index (Phi) is 21.1. The van der Waals surface area contributed by atoms with Gasteiger partial charge in [0.2, 0.25) is 5.91 Å². The van der Waals surface area contributed by atoms with Crippen molar-refractivity contribution in [2.24, 2.45) is 0 Å². The standard InChI is InChI=1S/C27H57N2O6P/c1-6-8-10-11-12-13-14-15-16-17-19-20-26(30)25(28-27(31)21-18-9-7-2)24-35-36(32,33)34-23-22-29(3,4)5/h25-26,30H,6-24H2,1-5H3,(H-,28,31,32,33). The zero-order valence-corrected chi connectivity index (χ0v) is 24.9. The van der Waals surface area contributed by atoms with Gasteiger partial charge in [0.25, 0.3) is 7.82 Å². The average Bonchev–Trinajstić information content (AvgIpc) is 2.79. The van der Waals surface area contributed by atoms with Crippen LogP contribution in [0, 0.1) is 0 Å². The Balaban J connectivity index is 4.46. The van der Waals surface area contributed by atoms with Gasteiger partial charge in [0.05, 0.1) is 39.9 Å². The molecule has 0 aromatic carbocycles. The monoisotopic (exact) mass is 536 g/mol. The van der Waals surface area contributed by atoms with Crippen LogP contribution in [0.3, 0.4) is 0 Å². The van der Waals surface area contributed by atoms with Crippen molar-refractivity contribution in [3.63, 3.8) is 0 Å². The minimum Gasteiger partial charge on any atom is -0.756 e. The van der Waals surface area contributed by atoms with Crippen LogP contribution in [0.2, 0.25) is 0 Å². The van der Waals surface area contributed by atoms with Gasteiger partial charge in [0.1, 0.15) is 13.2 Å². The molecule has 1 amide bonds. The number of carbonyl (C=O) groups is 1. The lowest BCUT2D eigenvalue weighted by molar-refractivity contribution is -0.870. The molecule has 3 unspecified atom stereocenters. The number of amides is 1. The summed E-state index contributed by atoms with van der Waals surface area (Å²) in [6, 6.07) is -0.786. The molecule has 0 radical (unpaired) electrons. The summed E-state index contributed by atoms with van der Waals surface area (Å²) in [6.07, 6.45) is 16.0. The summed E-state index contributed by atoms with van der Waals surface area (Å²) in [7, 11) is 1.30. The zero-order valence-electron chi connectivity index (χ0n) is 24.0. The number of phosphoric acid groups is 1. The number of quaternary nitrogens is 1. The van der Waals surface area contributed by atoms with Gasteiger partial charge >= 0.3 is 0 Å². The van der Waals surface area contributed by atoms with Gasteiger partial charge in [-0.25, -0.2) is 0 Å². The summed E-state index contributed by atoms with van der Waals surface area (Å²) >= 11 is 0. The minimum absolute atomic E-state index is 0.0135. The number of nitrogens with one attached hydrogen (secondary N) is 1. The average molecular weight is 537 g/mol. The Morgan fingerprint density at radius 2 is 1.36 bits per heavy atom. The maximum Gasteiger partial charge on any atom is 0.268 e. The number of rotatable bonds is 25. The number of aliphatic hydroxyl groups excluding tert-OH is 1. The van der Waals surface area contributed by atoms with Crippen LogP contribution in [-0.2, 0) is 18.4 Å². The molecule has 0 saturated carbocycles. The van der Waals surface area contributed by atoms with Crippen molar-refractivity contribution in [3.8, 4) is 0 Å². The molecule has 2 N–H and O–H groups in total. The van der Waals surface area contributed by atoms with Gasteiger partial charge in [-0.1, -0.05) is 97.3 Å². The van der Waals surface area contributed by atoms with Gasteiger partial charge in [-0.05, 0) is 12.8 Å². The first kappa shape index (κ1) is 35.5. The van der Waals surface area contributed by atoms with E-state index in [1.807, 2.05) is 21.1 Å². The summed E-state index contributed by atoms with van der Waals surface area (Å²) in [5.41, 5.74) is 0. The highest BCUT2D eigenvalue weighted by atomic mass is 31.2. The van der Waals surface area contributed by atoms with E-state index in [9.17, 15) is 19.4 Å². The highest BCUT2D eigenvalue weighted by Crippen LogP contribution is 2.38. The van der Waals surface area contributed by atoms with Crippen molar-refractivity contribution < 1.29 is 32.9 Å². The fourth-order valence-corrected chi connectivity index (χ4v) is 4.64. The predicted molar refractivity (Wildman–Crippen MR) is 146 cm³/mol. The van der Waals surface area contributed by atoms with Crippen molar-refractivity contribution in [1.29, 1.82) is 0 Å². The molecule has 3 atom stereocenters. The molecular weight excluding hydrogens is 479 g/mol. The highest BCUT2D eigenvalue weighted by molar-refractivity contribution is 7.45. The van der Waals surface area contributed by atoms with Crippen molar-refractivity contribution in [1.82, 2.24) is 5.32 Å². The molecule has 0 aliphatic rings. The van der Waals surface area contributed by atoms with Crippen LogP contribution in [0.1, 0.15) is 117 Å². The fraction of sp³-hybridized carbons (Fsp3) is 0.963. The van der Waals surface area contributed by atoms with Crippen LogP contribution >= 0.6 is 7.82 Å². The minimum atomic E-state index is -4.52. The summed E-state index contributed by atoms with van der Waals surface area (Å²) in [5.74, 6) is -0.193. The van der Waals surface area contributed by atoms with Gasteiger partial charge in [-0.15, -0.1) is 0 Å². The van der Waals surface area contributed by atoms with E-state index < -0.39 is 20.0 Å². The topological polar surface area (TPSA) is 108 Å². The first-order valence-corrected chi connectivity index (χ1v) is 15.8. The number of carbonyl (C=O) groups excluding carboxylic acids is 1. The lowest BCUT2D eigenvalue weighted by Gasteiger charge is -2.30. The second-order valence-corrected chi connectivity index (χ2v) is 12.5. The van der Waals surface area contributed by atoms with E-state index >= 15 is 0 Å². The Bertz CT molecular complexity index is 585. The molecule has 0 bridgehead atoms. The van der Waals surface area contributed by atoms with E-state index in [-0.39, 0.29) is 19.1 Å². The Morgan fingerprint density at radius 1 is 0.861 bits per heavy atom. The lowest BCUT2D eigenvalue weighted by atomic mass is 10.0. The second-order valence-electron chi connectivity index (χ2n) is 11.1. The molecule has 0 rings (SSSR count). The Hall–Kier alpha value is -0.500. The van der Waals surface area contributed by atoms with E-state index in [2.05, 4.69) is 19.2 Å². The van der Waals surface area contributed by atoms with Crippen LogP contribution < -0.4 is 10.2 Å². The summed E-state index contributed by atoms with van der Waals surface area (Å²) in [4.78, 5) is 24.5. The van der Waals surface area contributed by atoms with Crippen LogP contribution in [0.4, 0.5) is 0 Å². The van der Waals surface area contributed by atoms with Crippen molar-refractivity contribution in [2.45, 2.75) is 129 Å². The normalized spacial score (nSPS) is 15.4. The first-order chi connectivity index (χ1) is 17.0. The van der Waals surface area contributed by atoms with Crippen LogP contribution in [0.15, 0.2) is 0 Å². The van der Waals surface area contributed by atoms with Crippen LogP contribution in [-0.4, -0.2) is 68.5 Å². The number of hydrogen-bond acceptors (Lipinski definition) is 6. The van der Waals surface area contributed by atoms with Gasteiger partial charge in [0, 0.05) is 6.42 Å². The van der Waals surface area contributed by atoms with Gasteiger partial charge in [0.15, 0.2) is 0 Å². The number of unbranched alkanes of at least 4 members (excludes halogenated alkanes) is 12. The van der Waals surface area contributed by atoms with Crippen molar-refractivity contribution >= 4 is 13.7 Å². The van der Waals surface area contributed by atoms with Crippen LogP contribution in [0.25, 0.3) is 0 Å². The number of hydrogen-bond donors (Lipinski definition) is 2. The maximum atomic E-state index is 12.3. The highest BCUT2D eigenvalue weighted by Gasteiger charge is 2.24. The maximum absolute atomic E-state index is 12.3. The number of likely N-dealkylation sites (N-methyl/N-ethyl adjacent to an activating group) is 1. The van der Waals surface area contributed by atoms with E-state index in [0.717, 1.165) is 38.5 Å². The summed E-state index contributed by atoms with van der Waals surface area (Å²) in [5, 5.41) is 13.5. The molecular formula is C27H57N2O6P. The molecule has 0 aromatic heterocycles. The molecule has 0 aromatic rings. The Morgan fingerprint density at radius 3 is 1.89 bits per heavy atom. The fourth-order valence-electron chi connectivity index (χ4n) is 3.92. The first-order valence-electron chi connectivity index (χ1n) is 14.4. The molecule has 0 aliphatic carbocycles. The van der Waals surface area contributed by atoms with Crippen molar-refractivity contribution in [3.05, 3.63) is 0 Å². The Labute approximate surface area is 221 Å². The van der Waals surface area contributed by atoms with E-state index in [0.29, 0.717) is 23.9 Å². The predicted octanol–water partition coefficient (Wildman–Crippen LogP) is 5.32. The molecule has 0 heterocycles. The summed E-state index contributed by atoms with van der Waals surface area (Å²) < 4.78 is 22.8. The zero-order chi connectivity index (χ0) is 27.3. The molecule has 0 fully saturated rings. The van der Waals surface area contributed by atoms with Gasteiger partial charge < -0.3 is 28.8 Å². The molecule has 0 spiro atoms. The van der Waals surface area contributed by atoms with Gasteiger partial charge in [-0.3, -0.25) is 9.36 Å². The summed E-state index contributed by atoms with van der Waals surface area (Å²) in [6.45, 7) is 4.49. The molecule has 9 heteroatoms. The van der Waals surface area contributed by atoms with Crippen molar-refractivity contribution in [2.75, 3.05) is 40.9 Å². The SMILES string of the molecule is CCCCCCCCCCCCCC(O)C(COP(=O)([O-])OCC[N+](C)(C)C)NC(=O)CCCCC. The molecule has 0 aliphatic heterocycles. The number of phosphoric ester groups is 1. The second kappa shape index (κ2) is 21.4. The quantitative estimate of drug-likeness (QED) is 0.0929.